The summed E-state index contributed by atoms with van der Waals surface area (Å²) in [6, 6.07) is 8.23. The number of rotatable bonds is 3. The first-order valence-corrected chi connectivity index (χ1v) is 5.74. The van der Waals surface area contributed by atoms with Crippen molar-refractivity contribution in [1.82, 2.24) is 4.57 Å². The number of benzene rings is 1. The van der Waals surface area contributed by atoms with Crippen LogP contribution in [0.1, 0.15) is 24.8 Å². The lowest BCUT2D eigenvalue weighted by Gasteiger charge is -2.08. The van der Waals surface area contributed by atoms with Gasteiger partial charge in [-0.25, -0.2) is 0 Å². The molecule has 0 amide bonds. The third-order valence-corrected chi connectivity index (χ3v) is 3.16. The zero-order valence-electron chi connectivity index (χ0n) is 10.4. The van der Waals surface area contributed by atoms with Gasteiger partial charge in [0.15, 0.2) is 0 Å². The van der Waals surface area contributed by atoms with Gasteiger partial charge in [0.25, 0.3) is 0 Å². The van der Waals surface area contributed by atoms with E-state index in [0.717, 1.165) is 0 Å². The second-order valence-electron chi connectivity index (χ2n) is 4.39. The van der Waals surface area contributed by atoms with Crippen molar-refractivity contribution in [1.29, 1.82) is 0 Å². The number of carbonyl (C=O) groups is 1. The van der Waals surface area contributed by atoms with E-state index in [1.165, 1.54) is 23.6 Å². The van der Waals surface area contributed by atoms with E-state index in [1.54, 1.807) is 0 Å². The first-order valence-electron chi connectivity index (χ1n) is 5.74. The van der Waals surface area contributed by atoms with Crippen molar-refractivity contribution in [3.63, 3.8) is 0 Å². The van der Waals surface area contributed by atoms with Crippen LogP contribution in [0.15, 0.2) is 30.5 Å². The molecule has 0 fully saturated rings. The van der Waals surface area contributed by atoms with Crippen LogP contribution in [-0.2, 0) is 16.6 Å². The lowest BCUT2D eigenvalue weighted by atomic mass is 9.97. The lowest BCUT2D eigenvalue weighted by molar-refractivity contribution is -0.140. The van der Waals surface area contributed by atoms with Crippen LogP contribution in [0.2, 0.25) is 0 Å². The van der Waals surface area contributed by atoms with Gasteiger partial charge in [-0.1, -0.05) is 25.1 Å². The zero-order chi connectivity index (χ0) is 12.4. The smallest absolute Gasteiger partial charge is 0.306 e. The predicted octanol–water partition coefficient (Wildman–Crippen LogP) is 2.84. The maximum Gasteiger partial charge on any atom is 0.306 e. The summed E-state index contributed by atoms with van der Waals surface area (Å²) in [5.41, 5.74) is 2.40. The number of aromatic nitrogens is 1. The van der Waals surface area contributed by atoms with Gasteiger partial charge in [-0.2, -0.15) is 0 Å². The summed E-state index contributed by atoms with van der Waals surface area (Å²) in [5.74, 6) is 0.0129. The van der Waals surface area contributed by atoms with E-state index in [4.69, 9.17) is 4.74 Å². The van der Waals surface area contributed by atoms with Crippen molar-refractivity contribution in [3.05, 3.63) is 36.0 Å². The lowest BCUT2D eigenvalue weighted by Crippen LogP contribution is -2.05. The topological polar surface area (TPSA) is 31.2 Å². The molecule has 3 nitrogen and oxygen atoms in total. The molecule has 1 heterocycles. The van der Waals surface area contributed by atoms with E-state index >= 15 is 0 Å². The average Bonchev–Trinajstić information content (AvgIpc) is 2.67. The molecular weight excluding hydrogens is 214 g/mol. The third-order valence-electron chi connectivity index (χ3n) is 3.16. The normalized spacial score (nSPS) is 12.6. The maximum atomic E-state index is 11.3. The van der Waals surface area contributed by atoms with Crippen LogP contribution >= 0.6 is 0 Å². The summed E-state index contributed by atoms with van der Waals surface area (Å²) in [4.78, 5) is 11.3. The van der Waals surface area contributed by atoms with Crippen LogP contribution in [-0.4, -0.2) is 17.6 Å². The summed E-state index contributed by atoms with van der Waals surface area (Å²) in [6.45, 7) is 2.05. The Kier molecular flexibility index (Phi) is 3.18. The first kappa shape index (κ1) is 11.7. The molecule has 0 aliphatic heterocycles. The molecule has 3 heteroatoms. The summed E-state index contributed by atoms with van der Waals surface area (Å²) in [5, 5.41) is 1.21. The monoisotopic (exact) mass is 231 g/mol. The van der Waals surface area contributed by atoms with Crippen LogP contribution in [0.5, 0.6) is 0 Å². The molecule has 1 aromatic heterocycles. The highest BCUT2D eigenvalue weighted by atomic mass is 16.5. The molecule has 0 bridgehead atoms. The fraction of sp³-hybridized carbons (Fsp3) is 0.357. The van der Waals surface area contributed by atoms with Gasteiger partial charge in [0, 0.05) is 24.1 Å². The number of hydrogen-bond acceptors (Lipinski definition) is 2. The molecule has 0 aliphatic carbocycles. The molecule has 0 spiro atoms. The standard InChI is InChI=1S/C14H17NO2/c1-10(8-14(16)17-3)12-9-15(2)13-7-5-4-6-11(12)13/h4-7,9-10H,8H2,1-3H3/t10-/m0/s1. The minimum Gasteiger partial charge on any atom is -0.469 e. The Balaban J connectivity index is 2.38. The fourth-order valence-electron chi connectivity index (χ4n) is 2.21. The zero-order valence-corrected chi connectivity index (χ0v) is 10.4. The molecule has 0 saturated carbocycles. The molecular formula is C14H17NO2. The van der Waals surface area contributed by atoms with E-state index < -0.39 is 0 Å². The molecule has 2 aromatic rings. The number of fused-ring (bicyclic) bond motifs is 1. The van der Waals surface area contributed by atoms with Gasteiger partial charge in [-0.3, -0.25) is 4.79 Å². The number of aryl methyl sites for hydroxylation is 1. The Morgan fingerprint density at radius 3 is 2.82 bits per heavy atom. The highest BCUT2D eigenvalue weighted by molar-refractivity contribution is 5.85. The average molecular weight is 231 g/mol. The second-order valence-corrected chi connectivity index (χ2v) is 4.39. The van der Waals surface area contributed by atoms with Crippen LogP contribution in [0, 0.1) is 0 Å². The van der Waals surface area contributed by atoms with Gasteiger partial charge < -0.3 is 9.30 Å². The number of nitrogens with zero attached hydrogens (tertiary/aromatic N) is 1. The van der Waals surface area contributed by atoms with E-state index in [9.17, 15) is 4.79 Å². The molecule has 0 saturated heterocycles. The van der Waals surface area contributed by atoms with Crippen molar-refractivity contribution >= 4 is 16.9 Å². The van der Waals surface area contributed by atoms with Crippen LogP contribution in [0.4, 0.5) is 0 Å². The molecule has 1 aromatic carbocycles. The Labute approximate surface area is 101 Å². The van der Waals surface area contributed by atoms with Crippen molar-refractivity contribution < 1.29 is 9.53 Å². The van der Waals surface area contributed by atoms with Crippen LogP contribution < -0.4 is 0 Å². The molecule has 0 unspecified atom stereocenters. The van der Waals surface area contributed by atoms with Crippen molar-refractivity contribution in [2.75, 3.05) is 7.11 Å². The highest BCUT2D eigenvalue weighted by Crippen LogP contribution is 2.29. The van der Waals surface area contributed by atoms with E-state index in [2.05, 4.69) is 29.8 Å². The highest BCUT2D eigenvalue weighted by Gasteiger charge is 2.16. The number of hydrogen-bond donors (Lipinski definition) is 0. The Bertz CT molecular complexity index is 542. The molecule has 1 atom stereocenters. The quantitative estimate of drug-likeness (QED) is 0.761. The Morgan fingerprint density at radius 2 is 2.12 bits per heavy atom. The summed E-state index contributed by atoms with van der Waals surface area (Å²) < 4.78 is 6.81. The predicted molar refractivity (Wildman–Crippen MR) is 68.0 cm³/mol. The van der Waals surface area contributed by atoms with Gasteiger partial charge in [-0.05, 0) is 17.5 Å². The Morgan fingerprint density at radius 1 is 1.41 bits per heavy atom. The number of ether oxygens (including phenoxy) is 1. The van der Waals surface area contributed by atoms with Crippen LogP contribution in [0.25, 0.3) is 10.9 Å². The molecule has 17 heavy (non-hydrogen) atoms. The van der Waals surface area contributed by atoms with Gasteiger partial charge >= 0.3 is 5.97 Å². The number of methoxy groups -OCH3 is 1. The van der Waals surface area contributed by atoms with Gasteiger partial charge in [-0.15, -0.1) is 0 Å². The van der Waals surface area contributed by atoms with E-state index in [0.29, 0.717) is 6.42 Å². The first-order chi connectivity index (χ1) is 8.13. The number of para-hydroxylation sites is 1. The SMILES string of the molecule is COC(=O)C[C@H](C)c1cn(C)c2ccccc12. The number of esters is 1. The fourth-order valence-corrected chi connectivity index (χ4v) is 2.21. The number of carbonyl (C=O) groups excluding carboxylic acids is 1. The van der Waals surface area contributed by atoms with Gasteiger partial charge in [0.2, 0.25) is 0 Å². The molecule has 0 N–H and O–H groups in total. The molecule has 90 valence electrons. The van der Waals surface area contributed by atoms with Crippen LogP contribution in [0.3, 0.4) is 0 Å². The minimum atomic E-state index is -0.162. The van der Waals surface area contributed by atoms with E-state index in [-0.39, 0.29) is 11.9 Å². The summed E-state index contributed by atoms with van der Waals surface area (Å²) in [7, 11) is 3.45. The molecule has 2 rings (SSSR count). The molecule has 0 aliphatic rings. The largest absolute Gasteiger partial charge is 0.469 e. The van der Waals surface area contributed by atoms with Gasteiger partial charge in [0.05, 0.1) is 13.5 Å². The minimum absolute atomic E-state index is 0.162. The molecule has 0 radical (unpaired) electrons. The summed E-state index contributed by atoms with van der Waals surface area (Å²) >= 11 is 0. The summed E-state index contributed by atoms with van der Waals surface area (Å²) in [6.07, 6.45) is 2.52. The van der Waals surface area contributed by atoms with E-state index in [1.807, 2.05) is 19.2 Å². The van der Waals surface area contributed by atoms with Crippen molar-refractivity contribution in [2.24, 2.45) is 7.05 Å². The maximum absolute atomic E-state index is 11.3. The Hall–Kier alpha value is -1.77. The van der Waals surface area contributed by atoms with Gasteiger partial charge in [0.1, 0.15) is 0 Å². The second kappa shape index (κ2) is 4.62. The third kappa shape index (κ3) is 2.18. The van der Waals surface area contributed by atoms with Crippen molar-refractivity contribution in [3.8, 4) is 0 Å². The van der Waals surface area contributed by atoms with Crippen molar-refractivity contribution in [2.45, 2.75) is 19.3 Å².